The predicted molar refractivity (Wildman–Crippen MR) is 101 cm³/mol. The van der Waals surface area contributed by atoms with Gasteiger partial charge in [-0.2, -0.15) is 0 Å². The molecule has 2 aromatic carbocycles. The van der Waals surface area contributed by atoms with Gasteiger partial charge in [0.15, 0.2) is 0 Å². The Balaban J connectivity index is 1.73. The first-order valence-corrected chi connectivity index (χ1v) is 8.86. The Morgan fingerprint density at radius 3 is 2.67 bits per heavy atom. The molecule has 2 heteroatoms. The van der Waals surface area contributed by atoms with Crippen LogP contribution in [0, 0.1) is 0 Å². The second-order valence-electron chi connectivity index (χ2n) is 7.30. The van der Waals surface area contributed by atoms with Gasteiger partial charge in [0.05, 0.1) is 17.4 Å². The fourth-order valence-electron chi connectivity index (χ4n) is 4.38. The van der Waals surface area contributed by atoms with Crippen LogP contribution in [0.3, 0.4) is 0 Å². The van der Waals surface area contributed by atoms with Crippen LogP contribution in [-0.4, -0.2) is 6.04 Å². The number of hydrogen-bond donors (Lipinski definition) is 1. The lowest BCUT2D eigenvalue weighted by Gasteiger charge is -2.44. The van der Waals surface area contributed by atoms with Gasteiger partial charge in [-0.1, -0.05) is 68.5 Å². The molecular weight excluding hydrogens is 292 g/mol. The molecule has 24 heavy (non-hydrogen) atoms. The molecule has 0 saturated heterocycles. The van der Waals surface area contributed by atoms with Crippen molar-refractivity contribution in [1.29, 1.82) is 0 Å². The summed E-state index contributed by atoms with van der Waals surface area (Å²) in [5.74, 6) is 0.975. The molecular formula is C22H22N2. The molecule has 3 unspecified atom stereocenters. The predicted octanol–water partition coefficient (Wildman–Crippen LogP) is 5.33. The van der Waals surface area contributed by atoms with E-state index in [4.69, 9.17) is 0 Å². The first-order valence-electron chi connectivity index (χ1n) is 8.86. The fourth-order valence-corrected chi connectivity index (χ4v) is 4.38. The number of nitrogens with one attached hydrogen (secondary N) is 1. The Bertz CT molecular complexity index is 862. The molecule has 1 N–H and O–H groups in total. The SMILES string of the molecule is CC(C)c1ccc2c(c1)C1Nc3ccccc3N1C1C=CC=CC21. The standard InChI is InChI=1S/C22H22N2/c1-14(2)15-11-12-16-17-7-3-5-9-20(17)24-21-10-6-4-8-19(21)23-22(24)18(16)13-15/h3-14,17,20,22-23H,1-2H3. The summed E-state index contributed by atoms with van der Waals surface area (Å²) >= 11 is 0. The Hall–Kier alpha value is -2.48. The maximum absolute atomic E-state index is 3.76. The minimum Gasteiger partial charge on any atom is -0.360 e. The molecule has 1 aliphatic carbocycles. The van der Waals surface area contributed by atoms with Crippen LogP contribution in [0.4, 0.5) is 11.4 Å². The number of anilines is 2. The zero-order valence-electron chi connectivity index (χ0n) is 14.1. The second-order valence-corrected chi connectivity index (χ2v) is 7.30. The molecule has 0 saturated carbocycles. The molecule has 2 heterocycles. The number of nitrogens with zero attached hydrogens (tertiary/aromatic N) is 1. The molecule has 0 bridgehead atoms. The van der Waals surface area contributed by atoms with Crippen molar-refractivity contribution in [1.82, 2.24) is 0 Å². The van der Waals surface area contributed by atoms with E-state index in [0.717, 1.165) is 0 Å². The van der Waals surface area contributed by atoms with Gasteiger partial charge in [-0.05, 0) is 34.7 Å². The summed E-state index contributed by atoms with van der Waals surface area (Å²) in [6, 6.07) is 16.1. The highest BCUT2D eigenvalue weighted by Crippen LogP contribution is 2.51. The topological polar surface area (TPSA) is 15.3 Å². The number of allylic oxidation sites excluding steroid dienone is 2. The monoisotopic (exact) mass is 314 g/mol. The third kappa shape index (κ3) is 1.83. The summed E-state index contributed by atoms with van der Waals surface area (Å²) in [4.78, 5) is 2.56. The van der Waals surface area contributed by atoms with E-state index in [1.165, 1.54) is 28.1 Å². The van der Waals surface area contributed by atoms with Gasteiger partial charge >= 0.3 is 0 Å². The summed E-state index contributed by atoms with van der Waals surface area (Å²) < 4.78 is 0. The molecule has 2 nitrogen and oxygen atoms in total. The van der Waals surface area contributed by atoms with Gasteiger partial charge in [0, 0.05) is 5.92 Å². The molecule has 0 aromatic heterocycles. The van der Waals surface area contributed by atoms with E-state index in [0.29, 0.717) is 17.9 Å². The van der Waals surface area contributed by atoms with Gasteiger partial charge in [0.2, 0.25) is 0 Å². The average molecular weight is 314 g/mol. The van der Waals surface area contributed by atoms with Crippen molar-refractivity contribution in [2.75, 3.05) is 10.2 Å². The van der Waals surface area contributed by atoms with E-state index in [1.54, 1.807) is 0 Å². The number of hydrogen-bond acceptors (Lipinski definition) is 2. The minimum atomic E-state index is 0.230. The van der Waals surface area contributed by atoms with Crippen LogP contribution in [-0.2, 0) is 0 Å². The van der Waals surface area contributed by atoms with Crippen molar-refractivity contribution < 1.29 is 0 Å². The van der Waals surface area contributed by atoms with E-state index < -0.39 is 0 Å². The first kappa shape index (κ1) is 13.9. The van der Waals surface area contributed by atoms with Crippen LogP contribution in [0.2, 0.25) is 0 Å². The quantitative estimate of drug-likeness (QED) is 0.765. The lowest BCUT2D eigenvalue weighted by atomic mass is 9.79. The second kappa shape index (κ2) is 5.01. The van der Waals surface area contributed by atoms with Gasteiger partial charge in [-0.25, -0.2) is 0 Å². The van der Waals surface area contributed by atoms with Crippen LogP contribution in [0.1, 0.15) is 48.5 Å². The van der Waals surface area contributed by atoms with E-state index in [9.17, 15) is 0 Å². The molecule has 5 rings (SSSR count). The first-order chi connectivity index (χ1) is 11.7. The number of para-hydroxylation sites is 2. The Kier molecular flexibility index (Phi) is 2.90. The molecule has 0 radical (unpaired) electrons. The van der Waals surface area contributed by atoms with Crippen LogP contribution in [0.5, 0.6) is 0 Å². The molecule has 2 aliphatic heterocycles. The lowest BCUT2D eigenvalue weighted by Crippen LogP contribution is -2.45. The van der Waals surface area contributed by atoms with Crippen molar-refractivity contribution in [2.24, 2.45) is 0 Å². The third-order valence-corrected chi connectivity index (χ3v) is 5.61. The Morgan fingerprint density at radius 1 is 0.958 bits per heavy atom. The van der Waals surface area contributed by atoms with Crippen molar-refractivity contribution in [3.05, 3.63) is 83.5 Å². The van der Waals surface area contributed by atoms with Gasteiger partial charge in [0.25, 0.3) is 0 Å². The molecule has 0 amide bonds. The van der Waals surface area contributed by atoms with Gasteiger partial charge in [0.1, 0.15) is 6.17 Å². The van der Waals surface area contributed by atoms with Crippen molar-refractivity contribution >= 4 is 11.4 Å². The van der Waals surface area contributed by atoms with Crippen molar-refractivity contribution in [3.8, 4) is 0 Å². The highest BCUT2D eigenvalue weighted by atomic mass is 15.4. The fraction of sp³-hybridized carbons (Fsp3) is 0.273. The van der Waals surface area contributed by atoms with Crippen LogP contribution in [0.15, 0.2) is 66.8 Å². The maximum atomic E-state index is 3.76. The summed E-state index contributed by atoms with van der Waals surface area (Å²) in [6.07, 6.45) is 9.31. The Labute approximate surface area is 143 Å². The minimum absolute atomic E-state index is 0.230. The van der Waals surface area contributed by atoms with Gasteiger partial charge in [-0.3, -0.25) is 0 Å². The van der Waals surface area contributed by atoms with E-state index in [-0.39, 0.29) is 6.17 Å². The number of rotatable bonds is 1. The smallest absolute Gasteiger partial charge is 0.126 e. The summed E-state index contributed by atoms with van der Waals surface area (Å²) in [6.45, 7) is 4.54. The van der Waals surface area contributed by atoms with Crippen LogP contribution in [0.25, 0.3) is 0 Å². The van der Waals surface area contributed by atoms with Crippen molar-refractivity contribution in [3.63, 3.8) is 0 Å². The lowest BCUT2D eigenvalue weighted by molar-refractivity contribution is 0.542. The average Bonchev–Trinajstić information content (AvgIpc) is 3.01. The van der Waals surface area contributed by atoms with Crippen LogP contribution >= 0.6 is 0 Å². The highest BCUT2D eigenvalue weighted by Gasteiger charge is 2.43. The summed E-state index contributed by atoms with van der Waals surface area (Å²) in [7, 11) is 0. The maximum Gasteiger partial charge on any atom is 0.126 e. The zero-order valence-corrected chi connectivity index (χ0v) is 14.1. The van der Waals surface area contributed by atoms with Gasteiger partial charge in [-0.15, -0.1) is 0 Å². The molecule has 0 spiro atoms. The largest absolute Gasteiger partial charge is 0.360 e. The van der Waals surface area contributed by atoms with E-state index >= 15 is 0 Å². The molecule has 0 fully saturated rings. The van der Waals surface area contributed by atoms with Crippen molar-refractivity contribution in [2.45, 2.75) is 37.9 Å². The molecule has 3 aliphatic rings. The zero-order chi connectivity index (χ0) is 16.3. The molecule has 3 atom stereocenters. The normalized spacial score (nSPS) is 25.8. The third-order valence-electron chi connectivity index (χ3n) is 5.61. The highest BCUT2D eigenvalue weighted by molar-refractivity contribution is 5.79. The van der Waals surface area contributed by atoms with Crippen LogP contribution < -0.4 is 10.2 Å². The summed E-state index contributed by atoms with van der Waals surface area (Å²) in [5.41, 5.74) is 6.87. The summed E-state index contributed by atoms with van der Waals surface area (Å²) in [5, 5.41) is 3.76. The number of benzene rings is 2. The van der Waals surface area contributed by atoms with E-state index in [1.807, 2.05) is 0 Å². The van der Waals surface area contributed by atoms with Gasteiger partial charge < -0.3 is 10.2 Å². The Morgan fingerprint density at radius 2 is 1.79 bits per heavy atom. The number of fused-ring (bicyclic) bond motifs is 8. The molecule has 120 valence electrons. The van der Waals surface area contributed by atoms with E-state index in [2.05, 4.69) is 90.8 Å². The molecule has 2 aromatic rings.